The van der Waals surface area contributed by atoms with E-state index in [0.29, 0.717) is 46.0 Å². The summed E-state index contributed by atoms with van der Waals surface area (Å²) < 4.78 is 0. The molecule has 0 unspecified atom stereocenters. The number of fused-ring (bicyclic) bond motifs is 2. The van der Waals surface area contributed by atoms with Crippen molar-refractivity contribution < 1.29 is 19.2 Å². The highest BCUT2D eigenvalue weighted by Crippen LogP contribution is 2.39. The monoisotopic (exact) mass is 658 g/mol. The van der Waals surface area contributed by atoms with Gasteiger partial charge in [-0.2, -0.15) is 0 Å². The zero-order chi connectivity index (χ0) is 32.8. The molecule has 5 aromatic rings. The Hall–Kier alpha value is -4.98. The lowest BCUT2D eigenvalue weighted by Gasteiger charge is -2.33. The van der Waals surface area contributed by atoms with E-state index in [-0.39, 0.29) is 23.7 Å². The zero-order valence-corrected chi connectivity index (χ0v) is 27.3. The average Bonchev–Trinajstić information content (AvgIpc) is 3.12. The molecule has 234 valence electrons. The molecule has 47 heavy (non-hydrogen) atoms. The van der Waals surface area contributed by atoms with Gasteiger partial charge in [0, 0.05) is 63.1 Å². The second-order valence-electron chi connectivity index (χ2n) is 11.0. The summed E-state index contributed by atoms with van der Waals surface area (Å²) in [4.78, 5) is 48.3. The molecule has 0 radical (unpaired) electrons. The molecule has 0 N–H and O–H groups in total. The van der Waals surface area contributed by atoms with Crippen molar-refractivity contribution in [1.82, 2.24) is 0 Å². The van der Waals surface area contributed by atoms with E-state index in [4.69, 9.17) is 16.4 Å². The van der Waals surface area contributed by atoms with Crippen molar-refractivity contribution >= 4 is 58.0 Å². The second kappa shape index (κ2) is 14.6. The van der Waals surface area contributed by atoms with Crippen molar-refractivity contribution in [3.05, 3.63) is 160 Å². The molecule has 0 fully saturated rings. The molecule has 5 aromatic carbocycles. The van der Waals surface area contributed by atoms with Crippen LogP contribution in [0, 0.1) is 0 Å². The number of thioether (sulfide) groups is 1. The molecule has 1 aliphatic rings. The van der Waals surface area contributed by atoms with Crippen molar-refractivity contribution in [2.45, 2.75) is 24.7 Å². The molecule has 0 spiro atoms. The van der Waals surface area contributed by atoms with Crippen molar-refractivity contribution in [3.8, 4) is 0 Å². The minimum atomic E-state index is -0.636. The number of benzene rings is 5. The molecule has 0 aliphatic carbocycles. The molecule has 0 saturated carbocycles. The molecule has 0 amide bonds. The third-order valence-corrected chi connectivity index (χ3v) is 9.20. The van der Waals surface area contributed by atoms with E-state index in [1.165, 1.54) is 0 Å². The smallest absolute Gasteiger partial charge is 0.341 e. The number of carbonyl (C=O) groups is 3. The Morgan fingerprint density at radius 3 is 1.98 bits per heavy atom. The van der Waals surface area contributed by atoms with Crippen LogP contribution in [0.5, 0.6) is 0 Å². The van der Waals surface area contributed by atoms with Gasteiger partial charge in [0.25, 0.3) is 0 Å². The summed E-state index contributed by atoms with van der Waals surface area (Å²) in [7, 11) is 0. The van der Waals surface area contributed by atoms with Crippen LogP contribution in [0.2, 0.25) is 5.02 Å². The normalized spacial score (nSPS) is 12.2. The summed E-state index contributed by atoms with van der Waals surface area (Å²) in [5, 5.41) is 4.74. The Kier molecular flexibility index (Phi) is 9.95. The van der Waals surface area contributed by atoms with E-state index < -0.39 is 5.97 Å². The van der Waals surface area contributed by atoms with Gasteiger partial charge < -0.3 is 9.74 Å². The lowest BCUT2D eigenvalue weighted by molar-refractivity contribution is 0.0514. The summed E-state index contributed by atoms with van der Waals surface area (Å²) in [5.41, 5.74) is 6.22. The number of hydrogen-bond acceptors (Lipinski definition) is 7. The molecule has 1 heterocycles. The Morgan fingerprint density at radius 2 is 1.34 bits per heavy atom. The van der Waals surface area contributed by atoms with Gasteiger partial charge in [0.1, 0.15) is 5.71 Å². The largest absolute Gasteiger partial charge is 0.365 e. The first-order valence-corrected chi connectivity index (χ1v) is 16.7. The zero-order valence-electron chi connectivity index (χ0n) is 25.7. The van der Waals surface area contributed by atoms with E-state index in [2.05, 4.69) is 17.0 Å². The number of anilines is 2. The van der Waals surface area contributed by atoms with Crippen LogP contribution in [0.4, 0.5) is 11.4 Å². The van der Waals surface area contributed by atoms with E-state index in [1.54, 1.807) is 48.2 Å². The van der Waals surface area contributed by atoms with Gasteiger partial charge in [-0.05, 0) is 90.8 Å². The molecule has 0 aromatic heterocycles. The van der Waals surface area contributed by atoms with Crippen LogP contribution in [0.15, 0.2) is 131 Å². The molecule has 0 atom stereocenters. The lowest BCUT2D eigenvalue weighted by Crippen LogP contribution is -2.24. The molecule has 6 rings (SSSR count). The summed E-state index contributed by atoms with van der Waals surface area (Å²) in [6, 6.07) is 36.7. The SMILES string of the molecule is CCN1c2ccc(C(=O)/C(CCSc3ccc(Cl)cc3)=N/OC(=O)c3ccccc3)cc2Cc2cc(C(=O)c3ccccc3)ccc21. The number of halogens is 1. The Morgan fingerprint density at radius 1 is 0.745 bits per heavy atom. The van der Waals surface area contributed by atoms with E-state index >= 15 is 0 Å². The topological polar surface area (TPSA) is 76.0 Å². The lowest BCUT2D eigenvalue weighted by atomic mass is 9.90. The van der Waals surface area contributed by atoms with E-state index in [1.807, 2.05) is 84.9 Å². The fourth-order valence-corrected chi connectivity index (χ4v) is 6.57. The number of Topliss-reactive ketones (excluding diaryl/α,β-unsaturated/α-hetero) is 1. The van der Waals surface area contributed by atoms with Crippen LogP contribution >= 0.6 is 23.4 Å². The van der Waals surface area contributed by atoms with Crippen LogP contribution in [-0.4, -0.2) is 35.5 Å². The number of ketones is 2. The molecule has 0 saturated heterocycles. The van der Waals surface area contributed by atoms with Crippen molar-refractivity contribution in [2.75, 3.05) is 17.2 Å². The standard InChI is InChI=1S/C39H31ClN2O4S/c1-2-42-35-19-13-28(37(43)26-9-5-3-6-10-26)23-30(35)25-31-24-29(14-20-36(31)42)38(44)34(21-22-47-33-17-15-32(40)16-18-33)41-46-39(45)27-11-7-4-8-12-27/h3-20,23-24H,2,21-22,25H2,1H3/b41-34+. The van der Waals surface area contributed by atoms with Gasteiger partial charge in [-0.1, -0.05) is 65.3 Å². The first kappa shape index (κ1) is 32.0. The van der Waals surface area contributed by atoms with Gasteiger partial charge in [-0.25, -0.2) is 4.79 Å². The first-order valence-electron chi connectivity index (χ1n) is 15.3. The maximum Gasteiger partial charge on any atom is 0.365 e. The predicted octanol–water partition coefficient (Wildman–Crippen LogP) is 9.21. The van der Waals surface area contributed by atoms with Crippen LogP contribution in [0.3, 0.4) is 0 Å². The fourth-order valence-electron chi connectivity index (χ4n) is 5.58. The Labute approximate surface area is 283 Å². The Bertz CT molecular complexity index is 1960. The summed E-state index contributed by atoms with van der Waals surface area (Å²) >= 11 is 7.59. The number of nitrogens with zero attached hydrogens (tertiary/aromatic N) is 2. The second-order valence-corrected chi connectivity index (χ2v) is 12.6. The maximum atomic E-state index is 14.0. The quantitative estimate of drug-likeness (QED) is 0.0463. The fraction of sp³-hybridized carbons (Fsp3) is 0.128. The molecule has 6 nitrogen and oxygen atoms in total. The Balaban J connectivity index is 1.26. The number of carbonyl (C=O) groups excluding carboxylic acids is 3. The van der Waals surface area contributed by atoms with Gasteiger partial charge in [0.15, 0.2) is 5.78 Å². The molecular formula is C39H31ClN2O4S. The van der Waals surface area contributed by atoms with Crippen LogP contribution in [0.1, 0.15) is 61.1 Å². The van der Waals surface area contributed by atoms with Gasteiger partial charge in [0.05, 0.1) is 5.56 Å². The third kappa shape index (κ3) is 7.38. The molecule has 0 bridgehead atoms. The molecule has 8 heteroatoms. The highest BCUT2D eigenvalue weighted by Gasteiger charge is 2.25. The van der Waals surface area contributed by atoms with Crippen molar-refractivity contribution in [3.63, 3.8) is 0 Å². The molecule has 1 aliphatic heterocycles. The van der Waals surface area contributed by atoms with E-state index in [0.717, 1.165) is 27.4 Å². The third-order valence-electron chi connectivity index (χ3n) is 7.93. The highest BCUT2D eigenvalue weighted by molar-refractivity contribution is 7.99. The first-order chi connectivity index (χ1) is 22.9. The summed E-state index contributed by atoms with van der Waals surface area (Å²) in [6.07, 6.45) is 0.834. The maximum absolute atomic E-state index is 14.0. The number of hydrogen-bond donors (Lipinski definition) is 0. The average molecular weight is 659 g/mol. The highest BCUT2D eigenvalue weighted by atomic mass is 35.5. The van der Waals surface area contributed by atoms with Crippen molar-refractivity contribution in [2.24, 2.45) is 5.16 Å². The van der Waals surface area contributed by atoms with Crippen molar-refractivity contribution in [1.29, 1.82) is 0 Å². The van der Waals surface area contributed by atoms with Gasteiger partial charge in [-0.3, -0.25) is 9.59 Å². The van der Waals surface area contributed by atoms with Gasteiger partial charge >= 0.3 is 5.97 Å². The van der Waals surface area contributed by atoms with Gasteiger partial charge in [0.2, 0.25) is 5.78 Å². The van der Waals surface area contributed by atoms with Crippen LogP contribution in [0.25, 0.3) is 0 Å². The van der Waals surface area contributed by atoms with Gasteiger partial charge in [-0.15, -0.1) is 11.8 Å². The van der Waals surface area contributed by atoms with Crippen LogP contribution in [-0.2, 0) is 11.3 Å². The predicted molar refractivity (Wildman–Crippen MR) is 189 cm³/mol. The number of oxime groups is 1. The minimum absolute atomic E-state index is 0.0338. The molecular weight excluding hydrogens is 628 g/mol. The minimum Gasteiger partial charge on any atom is -0.341 e. The number of rotatable bonds is 11. The van der Waals surface area contributed by atoms with Crippen LogP contribution < -0.4 is 4.90 Å². The summed E-state index contributed by atoms with van der Waals surface area (Å²) in [6.45, 7) is 2.79. The van der Waals surface area contributed by atoms with E-state index in [9.17, 15) is 14.4 Å². The summed E-state index contributed by atoms with van der Waals surface area (Å²) in [5.74, 6) is -0.446.